The molecular formula is C21H36O. The molecule has 0 saturated heterocycles. The predicted octanol–water partition coefficient (Wildman–Crippen LogP) is 6.82. The van der Waals surface area contributed by atoms with E-state index in [2.05, 4.69) is 79.7 Å². The van der Waals surface area contributed by atoms with Crippen LogP contribution in [0.1, 0.15) is 86.1 Å². The molecule has 0 N–H and O–H groups in total. The van der Waals surface area contributed by atoms with Gasteiger partial charge in [-0.2, -0.15) is 0 Å². The summed E-state index contributed by atoms with van der Waals surface area (Å²) in [5.74, 6) is 1.55. The van der Waals surface area contributed by atoms with Crippen LogP contribution in [0.5, 0.6) is 5.75 Å². The standard InChI is InChI=1S/C21H36O/c1-16(2)18-10-9-11-19(14-18)22-17(3)15-21(7,8)13-12-20(4,5)6/h9-11,14,16-17H,12-13,15H2,1-8H3. The molecule has 126 valence electrons. The summed E-state index contributed by atoms with van der Waals surface area (Å²) in [6.07, 6.45) is 3.85. The largest absolute Gasteiger partial charge is 0.491 e. The average molecular weight is 305 g/mol. The van der Waals surface area contributed by atoms with E-state index in [4.69, 9.17) is 4.74 Å². The van der Waals surface area contributed by atoms with Gasteiger partial charge in [-0.05, 0) is 60.6 Å². The highest BCUT2D eigenvalue weighted by molar-refractivity contribution is 5.30. The highest BCUT2D eigenvalue weighted by atomic mass is 16.5. The van der Waals surface area contributed by atoms with E-state index in [1.54, 1.807) is 0 Å². The zero-order valence-corrected chi connectivity index (χ0v) is 16.0. The molecule has 1 nitrogen and oxygen atoms in total. The van der Waals surface area contributed by atoms with Crippen molar-refractivity contribution >= 4 is 0 Å². The molecule has 0 spiro atoms. The molecule has 1 unspecified atom stereocenters. The van der Waals surface area contributed by atoms with Gasteiger partial charge in [0.15, 0.2) is 0 Å². The number of ether oxygens (including phenoxy) is 1. The highest BCUT2D eigenvalue weighted by Crippen LogP contribution is 2.34. The normalized spacial score (nSPS) is 14.2. The molecule has 0 amide bonds. The van der Waals surface area contributed by atoms with Crippen molar-refractivity contribution in [3.8, 4) is 5.75 Å². The van der Waals surface area contributed by atoms with Crippen LogP contribution in [0.4, 0.5) is 0 Å². The average Bonchev–Trinajstić information content (AvgIpc) is 2.35. The second kappa shape index (κ2) is 7.53. The lowest BCUT2D eigenvalue weighted by molar-refractivity contribution is 0.133. The molecule has 1 aromatic carbocycles. The zero-order chi connectivity index (χ0) is 17.0. The summed E-state index contributed by atoms with van der Waals surface area (Å²) in [5, 5.41) is 0. The van der Waals surface area contributed by atoms with Crippen molar-refractivity contribution in [2.24, 2.45) is 10.8 Å². The Labute approximate surface area is 138 Å². The van der Waals surface area contributed by atoms with Crippen LogP contribution in [0.25, 0.3) is 0 Å². The van der Waals surface area contributed by atoms with Crippen molar-refractivity contribution in [1.82, 2.24) is 0 Å². The second-order valence-electron chi connectivity index (χ2n) is 9.08. The Morgan fingerprint density at radius 2 is 1.59 bits per heavy atom. The molecule has 0 bridgehead atoms. The molecule has 1 aromatic rings. The van der Waals surface area contributed by atoms with E-state index in [-0.39, 0.29) is 6.10 Å². The van der Waals surface area contributed by atoms with Crippen LogP contribution in [0.15, 0.2) is 24.3 Å². The number of benzene rings is 1. The summed E-state index contributed by atoms with van der Waals surface area (Å²) < 4.78 is 6.17. The molecule has 0 aromatic heterocycles. The second-order valence-corrected chi connectivity index (χ2v) is 9.08. The quantitative estimate of drug-likeness (QED) is 0.537. The molecule has 1 rings (SSSR count). The Balaban J connectivity index is 2.58. The van der Waals surface area contributed by atoms with Gasteiger partial charge in [0.2, 0.25) is 0 Å². The first-order chi connectivity index (χ1) is 9.98. The van der Waals surface area contributed by atoms with Crippen LogP contribution in [-0.4, -0.2) is 6.10 Å². The van der Waals surface area contributed by atoms with Crippen molar-refractivity contribution in [2.45, 2.75) is 86.7 Å². The van der Waals surface area contributed by atoms with Crippen molar-refractivity contribution in [3.63, 3.8) is 0 Å². The first-order valence-corrected chi connectivity index (χ1v) is 8.75. The van der Waals surface area contributed by atoms with E-state index in [1.807, 2.05) is 0 Å². The van der Waals surface area contributed by atoms with Gasteiger partial charge in [0.25, 0.3) is 0 Å². The Hall–Kier alpha value is -0.980. The van der Waals surface area contributed by atoms with E-state index in [0.29, 0.717) is 16.7 Å². The lowest BCUT2D eigenvalue weighted by Crippen LogP contribution is -2.24. The molecule has 0 aliphatic rings. The van der Waals surface area contributed by atoms with Gasteiger partial charge in [-0.25, -0.2) is 0 Å². The molecule has 1 heteroatoms. The maximum Gasteiger partial charge on any atom is 0.119 e. The SMILES string of the molecule is CC(CC(C)(C)CCC(C)(C)C)Oc1cccc(C(C)C)c1. The van der Waals surface area contributed by atoms with E-state index in [1.165, 1.54) is 18.4 Å². The van der Waals surface area contributed by atoms with Crippen LogP contribution in [0.3, 0.4) is 0 Å². The minimum absolute atomic E-state index is 0.248. The third-order valence-electron chi connectivity index (χ3n) is 4.25. The summed E-state index contributed by atoms with van der Waals surface area (Å²) in [6, 6.07) is 8.53. The fourth-order valence-corrected chi connectivity index (χ4v) is 2.81. The van der Waals surface area contributed by atoms with Gasteiger partial charge in [0.05, 0.1) is 6.10 Å². The smallest absolute Gasteiger partial charge is 0.119 e. The fourth-order valence-electron chi connectivity index (χ4n) is 2.81. The highest BCUT2D eigenvalue weighted by Gasteiger charge is 2.24. The number of rotatable bonds is 7. The summed E-state index contributed by atoms with van der Waals surface area (Å²) in [4.78, 5) is 0. The predicted molar refractivity (Wildman–Crippen MR) is 97.7 cm³/mol. The molecule has 0 fully saturated rings. The lowest BCUT2D eigenvalue weighted by atomic mass is 9.77. The van der Waals surface area contributed by atoms with Gasteiger partial charge in [-0.1, -0.05) is 60.6 Å². The Morgan fingerprint density at radius 1 is 0.955 bits per heavy atom. The molecule has 0 aliphatic carbocycles. The Bertz CT molecular complexity index is 451. The van der Waals surface area contributed by atoms with Crippen LogP contribution >= 0.6 is 0 Å². The molecule has 0 saturated carbocycles. The van der Waals surface area contributed by atoms with Crippen molar-refractivity contribution in [3.05, 3.63) is 29.8 Å². The van der Waals surface area contributed by atoms with Crippen LogP contribution < -0.4 is 4.74 Å². The van der Waals surface area contributed by atoms with Crippen molar-refractivity contribution in [2.75, 3.05) is 0 Å². The molecule has 0 aliphatic heterocycles. The lowest BCUT2D eigenvalue weighted by Gasteiger charge is -2.31. The van der Waals surface area contributed by atoms with Gasteiger partial charge in [-0.3, -0.25) is 0 Å². The molecular weight excluding hydrogens is 268 g/mol. The van der Waals surface area contributed by atoms with Crippen molar-refractivity contribution < 1.29 is 4.74 Å². The van der Waals surface area contributed by atoms with Crippen molar-refractivity contribution in [1.29, 1.82) is 0 Å². The molecule has 0 heterocycles. The Kier molecular flexibility index (Phi) is 6.52. The first-order valence-electron chi connectivity index (χ1n) is 8.75. The fraction of sp³-hybridized carbons (Fsp3) is 0.714. The third kappa shape index (κ3) is 7.33. The topological polar surface area (TPSA) is 9.23 Å². The molecule has 0 radical (unpaired) electrons. The maximum absolute atomic E-state index is 6.17. The minimum atomic E-state index is 0.248. The summed E-state index contributed by atoms with van der Waals surface area (Å²) in [7, 11) is 0. The molecule has 22 heavy (non-hydrogen) atoms. The van der Waals surface area contributed by atoms with E-state index in [9.17, 15) is 0 Å². The summed E-state index contributed by atoms with van der Waals surface area (Å²) in [6.45, 7) is 18.3. The number of hydrogen-bond acceptors (Lipinski definition) is 1. The third-order valence-corrected chi connectivity index (χ3v) is 4.25. The van der Waals surface area contributed by atoms with E-state index >= 15 is 0 Å². The van der Waals surface area contributed by atoms with Gasteiger partial charge < -0.3 is 4.74 Å². The van der Waals surface area contributed by atoms with E-state index in [0.717, 1.165) is 12.2 Å². The monoisotopic (exact) mass is 304 g/mol. The van der Waals surface area contributed by atoms with Crippen LogP contribution in [-0.2, 0) is 0 Å². The van der Waals surface area contributed by atoms with Gasteiger partial charge in [-0.15, -0.1) is 0 Å². The van der Waals surface area contributed by atoms with Gasteiger partial charge in [0.1, 0.15) is 5.75 Å². The number of hydrogen-bond donors (Lipinski definition) is 0. The Morgan fingerprint density at radius 3 is 2.14 bits per heavy atom. The van der Waals surface area contributed by atoms with E-state index < -0.39 is 0 Å². The summed E-state index contributed by atoms with van der Waals surface area (Å²) >= 11 is 0. The van der Waals surface area contributed by atoms with Crippen LogP contribution in [0.2, 0.25) is 0 Å². The zero-order valence-electron chi connectivity index (χ0n) is 16.0. The van der Waals surface area contributed by atoms with Gasteiger partial charge >= 0.3 is 0 Å². The van der Waals surface area contributed by atoms with Gasteiger partial charge in [0, 0.05) is 0 Å². The maximum atomic E-state index is 6.17. The van der Waals surface area contributed by atoms with Crippen LogP contribution in [0, 0.1) is 10.8 Å². The minimum Gasteiger partial charge on any atom is -0.491 e. The summed E-state index contributed by atoms with van der Waals surface area (Å²) in [5.41, 5.74) is 2.08. The first kappa shape index (κ1) is 19.1. The molecule has 1 atom stereocenters.